The summed E-state index contributed by atoms with van der Waals surface area (Å²) in [5.74, 6) is 0. The van der Waals surface area contributed by atoms with Gasteiger partial charge in [0.2, 0.25) is 0 Å². The molecule has 1 atom stereocenters. The zero-order valence-corrected chi connectivity index (χ0v) is 40.2. The van der Waals surface area contributed by atoms with Gasteiger partial charge in [-0.05, 0) is 109 Å². The summed E-state index contributed by atoms with van der Waals surface area (Å²) in [6.45, 7) is 24.6. The Labute approximate surface area is 341 Å². The lowest BCUT2D eigenvalue weighted by molar-refractivity contribution is -0.154. The Morgan fingerprint density at radius 3 is 1.11 bits per heavy atom. The van der Waals surface area contributed by atoms with E-state index in [1.165, 1.54) is 185 Å². The third-order valence-electron chi connectivity index (χ3n) is 12.9. The fourth-order valence-corrected chi connectivity index (χ4v) is 16.7. The smallest absolute Gasteiger partial charge is 0.129 e. The number of rotatable bonds is 30. The van der Waals surface area contributed by atoms with Gasteiger partial charge in [0.1, 0.15) is 5.16 Å². The van der Waals surface area contributed by atoms with Crippen LogP contribution in [0.25, 0.3) is 0 Å². The van der Waals surface area contributed by atoms with E-state index in [1.54, 1.807) is 11.1 Å². The summed E-state index contributed by atoms with van der Waals surface area (Å²) in [5.41, 5.74) is 7.58. The van der Waals surface area contributed by atoms with E-state index in [0.29, 0.717) is 0 Å². The molecule has 4 heteroatoms. The van der Waals surface area contributed by atoms with Gasteiger partial charge in [-0.25, -0.2) is 0 Å². The molecule has 0 spiro atoms. The molecule has 54 heavy (non-hydrogen) atoms. The lowest BCUT2D eigenvalue weighted by atomic mass is 9.70. The van der Waals surface area contributed by atoms with Gasteiger partial charge in [-0.3, -0.25) is 0 Å². The summed E-state index contributed by atoms with van der Waals surface area (Å²) in [6.07, 6.45) is 51.8. The van der Waals surface area contributed by atoms with Gasteiger partial charge < -0.3 is 9.46 Å². The topological polar surface area (TPSA) is 40.1 Å². The molecule has 0 bridgehead atoms. The number of hydrogen-bond donors (Lipinski definition) is 0. The number of unbranched alkanes of at least 4 members (excludes halogenated alkanes) is 19. The second kappa shape index (κ2) is 28.9. The maximum atomic E-state index is 8.46. The third-order valence-corrected chi connectivity index (χ3v) is 18.8. The Balaban J connectivity index is 0.00000469. The quantitative estimate of drug-likeness (QED) is 0.0537. The minimum absolute atomic E-state index is 0.213. The minimum atomic E-state index is -1.75. The SMILES string of the molecule is CCCCCCCCCCCCCC(C1=C(C)CC(C)(C)C=C1)(C1=C(C)CC(C)(C)C=C1)[P+](CCCCCC)(CCCCCC)CCCCCC.O=[PH2][O-]. The van der Waals surface area contributed by atoms with Crippen LogP contribution in [0.15, 0.2) is 46.6 Å². The second-order valence-electron chi connectivity index (χ2n) is 19.1. The zero-order valence-electron chi connectivity index (χ0n) is 38.2. The predicted octanol–water partition coefficient (Wildman–Crippen LogP) is 16.8. The van der Waals surface area contributed by atoms with E-state index < -0.39 is 15.9 Å². The van der Waals surface area contributed by atoms with Crippen molar-refractivity contribution < 1.29 is 9.46 Å². The Kier molecular flexibility index (Phi) is 27.6. The molecule has 2 aliphatic carbocycles. The van der Waals surface area contributed by atoms with E-state index in [4.69, 9.17) is 9.46 Å². The number of allylic oxidation sites excluding steroid dienone is 8. The van der Waals surface area contributed by atoms with Gasteiger partial charge in [0.05, 0.1) is 18.5 Å². The van der Waals surface area contributed by atoms with E-state index in [0.717, 1.165) is 0 Å². The van der Waals surface area contributed by atoms with Crippen molar-refractivity contribution in [2.24, 2.45) is 10.8 Å². The lowest BCUT2D eigenvalue weighted by Crippen LogP contribution is -2.43. The van der Waals surface area contributed by atoms with Crippen LogP contribution >= 0.6 is 15.9 Å². The van der Waals surface area contributed by atoms with E-state index >= 15 is 0 Å². The molecule has 0 heterocycles. The van der Waals surface area contributed by atoms with Crippen LogP contribution in [0, 0.1) is 10.8 Å². The molecule has 1 unspecified atom stereocenters. The summed E-state index contributed by atoms with van der Waals surface area (Å²) in [5, 5.41) is 0.213. The maximum Gasteiger partial charge on any atom is 0.129 e. The first-order valence-corrected chi connectivity index (χ1v) is 26.8. The van der Waals surface area contributed by atoms with Crippen molar-refractivity contribution in [2.75, 3.05) is 18.5 Å². The highest BCUT2D eigenvalue weighted by Crippen LogP contribution is 2.78. The Morgan fingerprint density at radius 1 is 0.537 bits per heavy atom. The molecule has 0 N–H and O–H groups in total. The van der Waals surface area contributed by atoms with Crippen LogP contribution in [0.3, 0.4) is 0 Å². The molecular weight excluding hydrogens is 694 g/mol. The van der Waals surface area contributed by atoms with Crippen molar-refractivity contribution in [2.45, 2.75) is 241 Å². The largest absolute Gasteiger partial charge is 0.804 e. The summed E-state index contributed by atoms with van der Waals surface area (Å²) in [7, 11) is -3.20. The van der Waals surface area contributed by atoms with Crippen LogP contribution in [-0.2, 0) is 4.57 Å². The van der Waals surface area contributed by atoms with Gasteiger partial charge in [-0.2, -0.15) is 0 Å². The Hall–Kier alpha value is -0.420. The summed E-state index contributed by atoms with van der Waals surface area (Å²) in [4.78, 5) is 8.46. The van der Waals surface area contributed by atoms with E-state index in [2.05, 4.69) is 93.5 Å². The minimum Gasteiger partial charge on any atom is -0.804 e. The summed E-state index contributed by atoms with van der Waals surface area (Å²) >= 11 is 0. The normalized spacial score (nSPS) is 17.2. The van der Waals surface area contributed by atoms with Crippen molar-refractivity contribution in [3.63, 3.8) is 0 Å². The molecule has 0 saturated carbocycles. The summed E-state index contributed by atoms with van der Waals surface area (Å²) < 4.78 is 8.46. The molecule has 0 aromatic carbocycles. The fourth-order valence-electron chi connectivity index (χ4n) is 10.2. The molecule has 316 valence electrons. The van der Waals surface area contributed by atoms with E-state index in [1.807, 2.05) is 11.1 Å². The molecule has 0 aliphatic heterocycles. The summed E-state index contributed by atoms with van der Waals surface area (Å²) in [6, 6.07) is 0. The molecule has 2 rings (SSSR count). The highest BCUT2D eigenvalue weighted by Gasteiger charge is 2.60. The molecule has 2 aliphatic rings. The zero-order chi connectivity index (χ0) is 40.4. The van der Waals surface area contributed by atoms with Crippen LogP contribution in [0.2, 0.25) is 0 Å². The van der Waals surface area contributed by atoms with Crippen LogP contribution < -0.4 is 4.89 Å². The lowest BCUT2D eigenvalue weighted by Gasteiger charge is -2.51. The van der Waals surface area contributed by atoms with Gasteiger partial charge >= 0.3 is 0 Å². The van der Waals surface area contributed by atoms with Crippen LogP contribution in [0.1, 0.15) is 236 Å². The molecule has 0 fully saturated rings. The first-order valence-electron chi connectivity index (χ1n) is 23.6. The molecule has 2 nitrogen and oxygen atoms in total. The standard InChI is InChI=1S/C50H92P.H3O2P/c1-11-15-19-23-24-25-26-27-28-29-30-36-50(46-34-37-48(7,8)42-44(46)5,47-35-38-49(9,10)43-45(47)6)51(39-31-20-16-12-2,40-32-21-17-13-3)41-33-22-18-14-4;1-3-2/h34-35,37-38H,11-33,36,39-43H2,1-10H3;3H2,(H,1,2)/q+1;/p-1. The van der Waals surface area contributed by atoms with Gasteiger partial charge in [0.25, 0.3) is 0 Å². The first kappa shape index (κ1) is 51.6. The van der Waals surface area contributed by atoms with Gasteiger partial charge in [0, 0.05) is 7.26 Å². The molecule has 0 aromatic rings. The predicted molar refractivity (Wildman–Crippen MR) is 249 cm³/mol. The van der Waals surface area contributed by atoms with Crippen molar-refractivity contribution in [1.29, 1.82) is 0 Å². The van der Waals surface area contributed by atoms with E-state index in [-0.39, 0.29) is 16.0 Å². The molecule has 0 radical (unpaired) electrons. The van der Waals surface area contributed by atoms with Crippen molar-refractivity contribution in [3.8, 4) is 0 Å². The molecule has 0 amide bonds. The Bertz CT molecular complexity index is 1040. The van der Waals surface area contributed by atoms with Gasteiger partial charge in [-0.1, -0.05) is 194 Å². The highest BCUT2D eigenvalue weighted by molar-refractivity contribution is 7.77. The average molecular weight is 789 g/mol. The molecule has 0 saturated heterocycles. The van der Waals surface area contributed by atoms with Crippen molar-refractivity contribution in [1.82, 2.24) is 0 Å². The van der Waals surface area contributed by atoms with Gasteiger partial charge in [0.15, 0.2) is 0 Å². The van der Waals surface area contributed by atoms with Crippen LogP contribution in [-0.4, -0.2) is 23.6 Å². The van der Waals surface area contributed by atoms with Crippen LogP contribution in [0.4, 0.5) is 0 Å². The third kappa shape index (κ3) is 18.0. The second-order valence-corrected chi connectivity index (χ2v) is 23.7. The molecule has 0 aromatic heterocycles. The maximum absolute atomic E-state index is 8.46. The first-order chi connectivity index (χ1) is 25.9. The van der Waals surface area contributed by atoms with E-state index in [9.17, 15) is 0 Å². The van der Waals surface area contributed by atoms with Gasteiger partial charge in [-0.15, -0.1) is 0 Å². The molecular formula is C50H94O2P2. The average Bonchev–Trinajstić information content (AvgIpc) is 3.11. The fraction of sp³-hybridized carbons (Fsp3) is 0.840. The number of hydrogen-bond acceptors (Lipinski definition) is 2. The van der Waals surface area contributed by atoms with Crippen LogP contribution in [0.5, 0.6) is 0 Å². The van der Waals surface area contributed by atoms with Crippen molar-refractivity contribution in [3.05, 3.63) is 46.6 Å². The monoisotopic (exact) mass is 789 g/mol. The highest BCUT2D eigenvalue weighted by atomic mass is 31.2. The Morgan fingerprint density at radius 2 is 0.815 bits per heavy atom. The van der Waals surface area contributed by atoms with Crippen molar-refractivity contribution >= 4 is 15.9 Å².